The van der Waals surface area contributed by atoms with Crippen molar-refractivity contribution in [3.63, 3.8) is 0 Å². The van der Waals surface area contributed by atoms with E-state index in [4.69, 9.17) is 4.74 Å². The summed E-state index contributed by atoms with van der Waals surface area (Å²) < 4.78 is 20.4. The van der Waals surface area contributed by atoms with Gasteiger partial charge in [-0.05, 0) is 24.3 Å². The molecule has 0 aliphatic carbocycles. The highest BCUT2D eigenvalue weighted by molar-refractivity contribution is 5.92. The minimum Gasteiger partial charge on any atom is -0.487 e. The van der Waals surface area contributed by atoms with Gasteiger partial charge in [0.1, 0.15) is 17.7 Å². The molecule has 27 heavy (non-hydrogen) atoms. The second-order valence-corrected chi connectivity index (χ2v) is 6.86. The van der Waals surface area contributed by atoms with E-state index in [1.807, 2.05) is 0 Å². The fourth-order valence-electron chi connectivity index (χ4n) is 3.23. The summed E-state index contributed by atoms with van der Waals surface area (Å²) in [4.78, 5) is 16.5. The predicted molar refractivity (Wildman–Crippen MR) is 96.1 cm³/mol. The number of piperazine rings is 1. The Morgan fingerprint density at radius 3 is 2.67 bits per heavy atom. The van der Waals surface area contributed by atoms with Crippen molar-refractivity contribution in [2.75, 3.05) is 45.8 Å². The molecule has 0 bridgehead atoms. The summed E-state index contributed by atoms with van der Waals surface area (Å²) in [5.41, 5.74) is 0.357. The van der Waals surface area contributed by atoms with E-state index in [1.54, 1.807) is 27.9 Å². The van der Waals surface area contributed by atoms with Gasteiger partial charge in [0.2, 0.25) is 0 Å². The molecular formula is C18H23FN6O2. The minimum absolute atomic E-state index is 0.0813. The van der Waals surface area contributed by atoms with Crippen molar-refractivity contribution in [1.82, 2.24) is 30.1 Å². The number of nitrogens with one attached hydrogen (secondary N) is 1. The second-order valence-electron chi connectivity index (χ2n) is 6.86. The lowest BCUT2D eigenvalue weighted by Crippen LogP contribution is -2.56. The highest BCUT2D eigenvalue weighted by Gasteiger charge is 2.34. The van der Waals surface area contributed by atoms with Gasteiger partial charge in [-0.3, -0.25) is 14.4 Å². The van der Waals surface area contributed by atoms with Crippen LogP contribution >= 0.6 is 0 Å². The van der Waals surface area contributed by atoms with E-state index in [2.05, 4.69) is 20.5 Å². The van der Waals surface area contributed by atoms with E-state index < -0.39 is 0 Å². The smallest absolute Gasteiger partial charge is 0.276 e. The maximum absolute atomic E-state index is 12.9. The predicted octanol–water partition coefficient (Wildman–Crippen LogP) is 0.226. The highest BCUT2D eigenvalue weighted by atomic mass is 19.1. The van der Waals surface area contributed by atoms with Crippen molar-refractivity contribution in [2.24, 2.45) is 0 Å². The number of ether oxygens (including phenoxy) is 1. The number of carbonyl (C=O) groups is 1. The zero-order valence-electron chi connectivity index (χ0n) is 15.1. The molecule has 3 heterocycles. The Hall–Kier alpha value is -2.52. The number of aromatic nitrogens is 3. The normalized spacial score (nSPS) is 18.3. The van der Waals surface area contributed by atoms with Crippen molar-refractivity contribution in [1.29, 1.82) is 0 Å². The van der Waals surface area contributed by atoms with Crippen molar-refractivity contribution in [3.8, 4) is 5.75 Å². The van der Waals surface area contributed by atoms with Crippen LogP contribution in [0.4, 0.5) is 4.39 Å². The summed E-state index contributed by atoms with van der Waals surface area (Å²) in [7, 11) is 0. The molecule has 1 N–H and O–H groups in total. The Morgan fingerprint density at radius 2 is 1.93 bits per heavy atom. The van der Waals surface area contributed by atoms with Crippen LogP contribution in [0.3, 0.4) is 0 Å². The summed E-state index contributed by atoms with van der Waals surface area (Å²) >= 11 is 0. The Morgan fingerprint density at radius 1 is 1.19 bits per heavy atom. The lowest BCUT2D eigenvalue weighted by molar-refractivity contribution is 0.0173. The van der Waals surface area contributed by atoms with Crippen LogP contribution in [0, 0.1) is 5.82 Å². The second kappa shape index (κ2) is 8.01. The maximum atomic E-state index is 12.9. The monoisotopic (exact) mass is 374 g/mol. The number of likely N-dealkylation sites (tertiary alicyclic amines) is 1. The van der Waals surface area contributed by atoms with Crippen LogP contribution in [0.25, 0.3) is 0 Å². The molecule has 0 radical (unpaired) electrons. The summed E-state index contributed by atoms with van der Waals surface area (Å²) in [6.45, 7) is 6.68. The van der Waals surface area contributed by atoms with Crippen LogP contribution in [0.1, 0.15) is 10.5 Å². The van der Waals surface area contributed by atoms with E-state index in [0.29, 0.717) is 24.5 Å². The quantitative estimate of drug-likeness (QED) is 0.780. The van der Waals surface area contributed by atoms with Gasteiger partial charge in [-0.15, -0.1) is 5.10 Å². The molecule has 9 heteroatoms. The number of amides is 1. The standard InChI is InChI=1S/C18H23FN6O2/c19-14-1-3-15(4-2-14)27-16-11-24(12-16)18(26)17-13-25(22-21-17)10-9-23-7-5-20-6-8-23/h1-4,13,16,20H,5-12H2. The van der Waals surface area contributed by atoms with Gasteiger partial charge in [0.15, 0.2) is 5.69 Å². The number of rotatable bonds is 6. The summed E-state index contributed by atoms with van der Waals surface area (Å²) in [5.74, 6) is 0.169. The number of carbonyl (C=O) groups excluding carboxylic acids is 1. The molecule has 1 aromatic carbocycles. The molecule has 1 amide bonds. The molecule has 0 atom stereocenters. The highest BCUT2D eigenvalue weighted by Crippen LogP contribution is 2.19. The average molecular weight is 374 g/mol. The molecular weight excluding hydrogens is 351 g/mol. The first kappa shape index (κ1) is 17.9. The van der Waals surface area contributed by atoms with Gasteiger partial charge in [0.25, 0.3) is 5.91 Å². The van der Waals surface area contributed by atoms with Gasteiger partial charge in [-0.2, -0.15) is 0 Å². The topological polar surface area (TPSA) is 75.5 Å². The molecule has 1 aromatic heterocycles. The number of hydrogen-bond donors (Lipinski definition) is 1. The first-order chi connectivity index (χ1) is 13.2. The van der Waals surface area contributed by atoms with Gasteiger partial charge < -0.3 is 15.0 Å². The van der Waals surface area contributed by atoms with E-state index >= 15 is 0 Å². The SMILES string of the molecule is O=C(c1cn(CCN2CCNCC2)nn1)N1CC(Oc2ccc(F)cc2)C1. The van der Waals surface area contributed by atoms with Crippen LogP contribution in [0.2, 0.25) is 0 Å². The van der Waals surface area contributed by atoms with Gasteiger partial charge in [0, 0.05) is 32.7 Å². The molecule has 4 rings (SSSR count). The van der Waals surface area contributed by atoms with Crippen LogP contribution < -0.4 is 10.1 Å². The average Bonchev–Trinajstić information content (AvgIpc) is 3.14. The number of benzene rings is 1. The van der Waals surface area contributed by atoms with Gasteiger partial charge in [0.05, 0.1) is 25.8 Å². The van der Waals surface area contributed by atoms with E-state index in [-0.39, 0.29) is 17.8 Å². The Kier molecular flexibility index (Phi) is 5.30. The van der Waals surface area contributed by atoms with Crippen molar-refractivity contribution in [3.05, 3.63) is 42.0 Å². The summed E-state index contributed by atoms with van der Waals surface area (Å²) in [5, 5.41) is 11.4. The Bertz CT molecular complexity index is 768. The number of hydrogen-bond acceptors (Lipinski definition) is 6. The molecule has 2 fully saturated rings. The third kappa shape index (κ3) is 4.42. The fraction of sp³-hybridized carbons (Fsp3) is 0.500. The lowest BCUT2D eigenvalue weighted by atomic mass is 10.1. The molecule has 2 saturated heterocycles. The zero-order chi connectivity index (χ0) is 18.6. The zero-order valence-corrected chi connectivity index (χ0v) is 15.1. The van der Waals surface area contributed by atoms with E-state index in [9.17, 15) is 9.18 Å². The molecule has 0 saturated carbocycles. The minimum atomic E-state index is -0.298. The molecule has 0 unspecified atom stereocenters. The third-order valence-corrected chi connectivity index (χ3v) is 4.86. The van der Waals surface area contributed by atoms with Crippen LogP contribution in [-0.4, -0.2) is 82.6 Å². The van der Waals surface area contributed by atoms with Crippen LogP contribution in [-0.2, 0) is 6.54 Å². The van der Waals surface area contributed by atoms with Crippen LogP contribution in [0.15, 0.2) is 30.5 Å². The summed E-state index contributed by atoms with van der Waals surface area (Å²) in [6, 6.07) is 5.89. The molecule has 8 nitrogen and oxygen atoms in total. The maximum Gasteiger partial charge on any atom is 0.276 e. The van der Waals surface area contributed by atoms with Gasteiger partial charge in [-0.25, -0.2) is 4.39 Å². The largest absolute Gasteiger partial charge is 0.487 e. The lowest BCUT2D eigenvalue weighted by Gasteiger charge is -2.38. The van der Waals surface area contributed by atoms with E-state index in [0.717, 1.165) is 39.3 Å². The first-order valence-corrected chi connectivity index (χ1v) is 9.22. The molecule has 2 aromatic rings. The van der Waals surface area contributed by atoms with Gasteiger partial charge in [-0.1, -0.05) is 5.21 Å². The molecule has 2 aliphatic rings. The first-order valence-electron chi connectivity index (χ1n) is 9.22. The number of nitrogens with zero attached hydrogens (tertiary/aromatic N) is 5. The Labute approximate surface area is 156 Å². The van der Waals surface area contributed by atoms with Crippen LogP contribution in [0.5, 0.6) is 5.75 Å². The van der Waals surface area contributed by atoms with Gasteiger partial charge >= 0.3 is 0 Å². The third-order valence-electron chi connectivity index (χ3n) is 4.86. The van der Waals surface area contributed by atoms with Crippen molar-refractivity contribution < 1.29 is 13.9 Å². The molecule has 2 aliphatic heterocycles. The van der Waals surface area contributed by atoms with E-state index in [1.165, 1.54) is 12.1 Å². The molecule has 144 valence electrons. The Balaban J connectivity index is 1.23. The summed E-state index contributed by atoms with van der Waals surface area (Å²) in [6.07, 6.45) is 1.63. The fourth-order valence-corrected chi connectivity index (χ4v) is 3.23. The molecule has 0 spiro atoms. The van der Waals surface area contributed by atoms with Crippen molar-refractivity contribution in [2.45, 2.75) is 12.6 Å². The van der Waals surface area contributed by atoms with Crippen molar-refractivity contribution >= 4 is 5.91 Å². The number of halogens is 1.